The molecule has 33 heavy (non-hydrogen) atoms. The first-order chi connectivity index (χ1) is 16.1. The highest BCUT2D eigenvalue weighted by molar-refractivity contribution is 6.34. The Morgan fingerprint density at radius 1 is 1.03 bits per heavy atom. The molecule has 3 aromatic heterocycles. The van der Waals surface area contributed by atoms with Crippen LogP contribution in [0.3, 0.4) is 0 Å². The number of aromatic nitrogens is 5. The number of hydrogen-bond acceptors (Lipinski definition) is 5. The van der Waals surface area contributed by atoms with Crippen LogP contribution in [0.4, 0.5) is 0 Å². The normalized spacial score (nSPS) is 18.7. The Bertz CT molecular complexity index is 1250. The molecular weight excluding hydrogens is 457 g/mol. The van der Waals surface area contributed by atoms with Gasteiger partial charge in [-0.2, -0.15) is 5.10 Å². The monoisotopic (exact) mass is 480 g/mol. The minimum absolute atomic E-state index is 0.629. The van der Waals surface area contributed by atoms with Gasteiger partial charge in [0.1, 0.15) is 18.0 Å². The van der Waals surface area contributed by atoms with Gasteiger partial charge in [0, 0.05) is 59.1 Å². The number of H-pyrrole nitrogens is 1. The molecule has 6 rings (SSSR count). The average Bonchev–Trinajstić information content (AvgIpc) is 3.43. The number of nitrogens with one attached hydrogen (secondary N) is 1. The Morgan fingerprint density at radius 3 is 2.61 bits per heavy atom. The molecule has 2 fully saturated rings. The minimum atomic E-state index is 0.629. The van der Waals surface area contributed by atoms with E-state index in [9.17, 15) is 0 Å². The SMILES string of the molecule is Clc1cc(Cl)cc(CN2CCC(N3C[C](n4cc(-c5ncnc6[nH]ccc56)cn4)C3)CC2)c1. The van der Waals surface area contributed by atoms with Gasteiger partial charge in [-0.05, 0) is 55.8 Å². The van der Waals surface area contributed by atoms with Crippen molar-refractivity contribution in [2.75, 3.05) is 26.2 Å². The van der Waals surface area contributed by atoms with Crippen LogP contribution in [-0.4, -0.2) is 66.8 Å². The number of likely N-dealkylation sites (tertiary alicyclic amines) is 2. The van der Waals surface area contributed by atoms with Gasteiger partial charge < -0.3 is 4.98 Å². The third kappa shape index (κ3) is 4.26. The molecule has 0 saturated carbocycles. The molecule has 5 heterocycles. The molecule has 2 aliphatic heterocycles. The van der Waals surface area contributed by atoms with Crippen molar-refractivity contribution in [1.29, 1.82) is 0 Å². The van der Waals surface area contributed by atoms with E-state index in [1.807, 2.05) is 35.3 Å². The zero-order valence-electron chi connectivity index (χ0n) is 18.1. The molecule has 1 N–H and O–H groups in total. The van der Waals surface area contributed by atoms with Crippen LogP contribution < -0.4 is 0 Å². The number of benzene rings is 1. The molecule has 169 valence electrons. The zero-order valence-corrected chi connectivity index (χ0v) is 19.6. The van der Waals surface area contributed by atoms with E-state index in [1.54, 1.807) is 12.4 Å². The number of aromatic amines is 1. The van der Waals surface area contributed by atoms with Crippen LogP contribution in [0.1, 0.15) is 18.4 Å². The van der Waals surface area contributed by atoms with E-state index in [1.165, 1.54) is 24.4 Å². The highest BCUT2D eigenvalue weighted by Gasteiger charge is 2.36. The molecule has 0 bridgehead atoms. The van der Waals surface area contributed by atoms with E-state index >= 15 is 0 Å². The summed E-state index contributed by atoms with van der Waals surface area (Å²) in [6, 6.07) is 9.77. The maximum absolute atomic E-state index is 6.15. The molecule has 1 radical (unpaired) electrons. The standard InChI is InChI=1S/C24H24Cl2N7/c25-18-7-16(8-19(26)9-18)11-31-5-2-20(3-6-31)32-13-21(14-32)33-12-17(10-30-33)23-22-1-4-27-24(22)29-15-28-23/h1,4,7-10,12,15,20H,2-3,5-6,11,13-14H2,(H,27,28,29). The molecule has 0 aliphatic carbocycles. The molecule has 1 aromatic carbocycles. The highest BCUT2D eigenvalue weighted by Crippen LogP contribution is 2.30. The highest BCUT2D eigenvalue weighted by atomic mass is 35.5. The summed E-state index contributed by atoms with van der Waals surface area (Å²) < 4.78 is 2.02. The maximum Gasteiger partial charge on any atom is 0.141 e. The van der Waals surface area contributed by atoms with E-state index in [0.29, 0.717) is 16.1 Å². The lowest BCUT2D eigenvalue weighted by Gasteiger charge is -2.46. The summed E-state index contributed by atoms with van der Waals surface area (Å²) in [5.41, 5.74) is 3.96. The van der Waals surface area contributed by atoms with Gasteiger partial charge in [-0.15, -0.1) is 0 Å². The lowest BCUT2D eigenvalue weighted by atomic mass is 9.97. The fourth-order valence-electron chi connectivity index (χ4n) is 4.95. The van der Waals surface area contributed by atoms with Crippen molar-refractivity contribution in [2.24, 2.45) is 0 Å². The fraction of sp³-hybridized carbons (Fsp3) is 0.333. The molecule has 2 aliphatic rings. The Balaban J connectivity index is 1.03. The van der Waals surface area contributed by atoms with Crippen molar-refractivity contribution in [3.63, 3.8) is 0 Å². The fourth-order valence-corrected chi connectivity index (χ4v) is 5.52. The summed E-state index contributed by atoms with van der Waals surface area (Å²) >= 11 is 12.3. The van der Waals surface area contributed by atoms with Crippen LogP contribution in [0.15, 0.2) is 49.2 Å². The smallest absolute Gasteiger partial charge is 0.141 e. The van der Waals surface area contributed by atoms with Gasteiger partial charge in [-0.25, -0.2) is 9.97 Å². The van der Waals surface area contributed by atoms with Crippen molar-refractivity contribution < 1.29 is 0 Å². The van der Waals surface area contributed by atoms with Crippen LogP contribution >= 0.6 is 23.2 Å². The first kappa shape index (κ1) is 21.1. The first-order valence-corrected chi connectivity index (χ1v) is 12.0. The lowest BCUT2D eigenvalue weighted by Crippen LogP contribution is -2.56. The largest absolute Gasteiger partial charge is 0.346 e. The predicted octanol–water partition coefficient (Wildman–Crippen LogP) is 4.49. The van der Waals surface area contributed by atoms with Crippen molar-refractivity contribution >= 4 is 34.2 Å². The number of rotatable bonds is 5. The van der Waals surface area contributed by atoms with Crippen LogP contribution in [0.2, 0.25) is 10.0 Å². The van der Waals surface area contributed by atoms with E-state index < -0.39 is 0 Å². The molecule has 0 spiro atoms. The predicted molar refractivity (Wildman–Crippen MR) is 130 cm³/mol. The van der Waals surface area contributed by atoms with Crippen LogP contribution in [-0.2, 0) is 6.54 Å². The number of piperidine rings is 1. The minimum Gasteiger partial charge on any atom is -0.346 e. The Labute approximate surface area is 202 Å². The van der Waals surface area contributed by atoms with Crippen molar-refractivity contribution in [1.82, 2.24) is 34.5 Å². The van der Waals surface area contributed by atoms with E-state index in [-0.39, 0.29) is 0 Å². The van der Waals surface area contributed by atoms with Gasteiger partial charge in [0.05, 0.1) is 11.9 Å². The molecular formula is C24H24Cl2N7. The Kier molecular flexibility index (Phi) is 5.58. The molecule has 9 heteroatoms. The molecule has 0 unspecified atom stereocenters. The molecule has 2 saturated heterocycles. The molecule has 7 nitrogen and oxygen atoms in total. The van der Waals surface area contributed by atoms with E-state index in [0.717, 1.165) is 55.0 Å². The maximum atomic E-state index is 6.15. The summed E-state index contributed by atoms with van der Waals surface area (Å²) in [7, 11) is 0. The number of nitrogens with zero attached hydrogens (tertiary/aromatic N) is 6. The molecule has 0 atom stereocenters. The van der Waals surface area contributed by atoms with Crippen molar-refractivity contribution in [2.45, 2.75) is 25.4 Å². The van der Waals surface area contributed by atoms with Crippen LogP contribution in [0.5, 0.6) is 0 Å². The summed E-state index contributed by atoms with van der Waals surface area (Å²) in [4.78, 5) is 17.0. The van der Waals surface area contributed by atoms with Crippen molar-refractivity contribution in [3.8, 4) is 11.3 Å². The van der Waals surface area contributed by atoms with Crippen LogP contribution in [0, 0.1) is 6.04 Å². The summed E-state index contributed by atoms with van der Waals surface area (Å²) in [5, 5.41) is 7.04. The number of hydrogen-bond donors (Lipinski definition) is 1. The quantitative estimate of drug-likeness (QED) is 0.455. The summed E-state index contributed by atoms with van der Waals surface area (Å²) in [6.45, 7) is 5.02. The lowest BCUT2D eigenvalue weighted by molar-refractivity contribution is 0.0669. The summed E-state index contributed by atoms with van der Waals surface area (Å²) in [5.74, 6) is 0. The Hall–Kier alpha value is -2.45. The first-order valence-electron chi connectivity index (χ1n) is 11.2. The summed E-state index contributed by atoms with van der Waals surface area (Å²) in [6.07, 6.45) is 9.82. The number of fused-ring (bicyclic) bond motifs is 1. The van der Waals surface area contributed by atoms with Crippen LogP contribution in [0.25, 0.3) is 22.3 Å². The van der Waals surface area contributed by atoms with Gasteiger partial charge >= 0.3 is 0 Å². The second-order valence-electron chi connectivity index (χ2n) is 8.89. The zero-order chi connectivity index (χ0) is 22.4. The van der Waals surface area contributed by atoms with Gasteiger partial charge in [0.15, 0.2) is 0 Å². The van der Waals surface area contributed by atoms with E-state index in [2.05, 4.69) is 36.0 Å². The van der Waals surface area contributed by atoms with Gasteiger partial charge in [0.25, 0.3) is 0 Å². The average molecular weight is 481 g/mol. The van der Waals surface area contributed by atoms with Gasteiger partial charge in [-0.3, -0.25) is 14.5 Å². The third-order valence-corrected chi connectivity index (χ3v) is 7.14. The second-order valence-corrected chi connectivity index (χ2v) is 9.76. The topological polar surface area (TPSA) is 65.9 Å². The Morgan fingerprint density at radius 2 is 1.82 bits per heavy atom. The molecule has 4 aromatic rings. The van der Waals surface area contributed by atoms with Crippen molar-refractivity contribution in [3.05, 3.63) is 70.8 Å². The van der Waals surface area contributed by atoms with E-state index in [4.69, 9.17) is 23.2 Å². The second kappa shape index (κ2) is 8.72. The van der Waals surface area contributed by atoms with Gasteiger partial charge in [-0.1, -0.05) is 23.2 Å². The molecule has 0 amide bonds. The van der Waals surface area contributed by atoms with Gasteiger partial charge in [0.2, 0.25) is 0 Å². The third-order valence-electron chi connectivity index (χ3n) is 6.71. The number of halogens is 2.